The summed E-state index contributed by atoms with van der Waals surface area (Å²) in [4.78, 5) is 34.0. The summed E-state index contributed by atoms with van der Waals surface area (Å²) in [6.45, 7) is 3.88. The third kappa shape index (κ3) is 3.13. The Hall–Kier alpha value is -2.37. The number of para-hydroxylation sites is 2. The van der Waals surface area contributed by atoms with Crippen molar-refractivity contribution in [1.29, 1.82) is 0 Å². The maximum absolute atomic E-state index is 13.0. The zero-order valence-electron chi connectivity index (χ0n) is 14.5. The Kier molecular flexibility index (Phi) is 4.42. The number of anilines is 1. The van der Waals surface area contributed by atoms with Crippen molar-refractivity contribution in [2.45, 2.75) is 38.6 Å². The number of hydrogen-bond donors (Lipinski definition) is 0. The molecular weight excluding hydrogens is 316 g/mol. The van der Waals surface area contributed by atoms with Crippen LogP contribution >= 0.6 is 0 Å². The van der Waals surface area contributed by atoms with Crippen LogP contribution in [0.1, 0.15) is 32.1 Å². The fraction of sp³-hybridized carbons (Fsp3) is 0.526. The average Bonchev–Trinajstić information content (AvgIpc) is 3.34. The Balaban J connectivity index is 1.67. The van der Waals surface area contributed by atoms with Crippen molar-refractivity contribution in [3.8, 4) is 0 Å². The molecule has 2 saturated heterocycles. The van der Waals surface area contributed by atoms with Crippen LogP contribution in [0.25, 0.3) is 11.0 Å². The highest BCUT2D eigenvalue weighted by Gasteiger charge is 2.22. The Morgan fingerprint density at radius 1 is 1.00 bits per heavy atom. The standard InChI is InChI=1S/C19H24N4O2/c24-17(21-10-3-4-11-21)9-14-23-16-8-2-1-7-15(16)20-18(19(23)25)22-12-5-6-13-22/h1-2,7-8H,3-6,9-14H2. The van der Waals surface area contributed by atoms with Crippen molar-refractivity contribution in [3.05, 3.63) is 34.6 Å². The summed E-state index contributed by atoms with van der Waals surface area (Å²) in [6.07, 6.45) is 4.74. The van der Waals surface area contributed by atoms with Gasteiger partial charge in [-0.15, -0.1) is 0 Å². The predicted octanol–water partition coefficient (Wildman–Crippen LogP) is 2.01. The van der Waals surface area contributed by atoms with Crippen LogP contribution in [-0.4, -0.2) is 46.5 Å². The molecule has 6 heteroatoms. The SMILES string of the molecule is O=C(CCn1c(=O)c(N2CCCC2)nc2ccccc21)N1CCCC1. The summed E-state index contributed by atoms with van der Waals surface area (Å²) in [5.41, 5.74) is 1.55. The van der Waals surface area contributed by atoms with E-state index in [1.54, 1.807) is 4.57 Å². The first-order valence-corrected chi connectivity index (χ1v) is 9.26. The number of carbonyl (C=O) groups excluding carboxylic acids is 1. The quantitative estimate of drug-likeness (QED) is 0.854. The van der Waals surface area contributed by atoms with Crippen molar-refractivity contribution < 1.29 is 4.79 Å². The third-order valence-corrected chi connectivity index (χ3v) is 5.25. The van der Waals surface area contributed by atoms with Crippen LogP contribution in [0.5, 0.6) is 0 Å². The minimum absolute atomic E-state index is 0.0742. The van der Waals surface area contributed by atoms with Crippen LogP contribution in [0, 0.1) is 0 Å². The fourth-order valence-corrected chi connectivity index (χ4v) is 3.87. The number of amides is 1. The van der Waals surface area contributed by atoms with Gasteiger partial charge in [-0.1, -0.05) is 12.1 Å². The molecular formula is C19H24N4O2. The number of rotatable bonds is 4. The minimum Gasteiger partial charge on any atom is -0.352 e. The van der Waals surface area contributed by atoms with Crippen LogP contribution < -0.4 is 10.5 Å². The molecule has 0 unspecified atom stereocenters. The van der Waals surface area contributed by atoms with Crippen molar-refractivity contribution in [3.63, 3.8) is 0 Å². The van der Waals surface area contributed by atoms with E-state index >= 15 is 0 Å². The topological polar surface area (TPSA) is 58.4 Å². The number of nitrogens with zero attached hydrogens (tertiary/aromatic N) is 4. The second-order valence-electron chi connectivity index (χ2n) is 6.91. The van der Waals surface area contributed by atoms with E-state index in [1.165, 1.54) is 0 Å². The number of benzene rings is 1. The highest BCUT2D eigenvalue weighted by molar-refractivity contribution is 5.78. The van der Waals surface area contributed by atoms with E-state index in [0.29, 0.717) is 18.8 Å². The maximum Gasteiger partial charge on any atom is 0.294 e. The monoisotopic (exact) mass is 340 g/mol. The summed E-state index contributed by atoms with van der Waals surface area (Å²) in [5.74, 6) is 0.679. The second-order valence-corrected chi connectivity index (χ2v) is 6.91. The van der Waals surface area contributed by atoms with Gasteiger partial charge in [0.15, 0.2) is 5.82 Å². The van der Waals surface area contributed by atoms with Gasteiger partial charge in [0.05, 0.1) is 11.0 Å². The molecule has 2 aliphatic heterocycles. The maximum atomic E-state index is 13.0. The lowest BCUT2D eigenvalue weighted by Crippen LogP contribution is -2.34. The Morgan fingerprint density at radius 2 is 1.68 bits per heavy atom. The van der Waals surface area contributed by atoms with E-state index in [0.717, 1.165) is 62.9 Å². The zero-order valence-corrected chi connectivity index (χ0v) is 14.5. The molecule has 1 amide bonds. The molecule has 0 spiro atoms. The molecule has 1 aromatic heterocycles. The van der Waals surface area contributed by atoms with Gasteiger partial charge < -0.3 is 14.4 Å². The van der Waals surface area contributed by atoms with Gasteiger partial charge in [-0.3, -0.25) is 9.59 Å². The van der Waals surface area contributed by atoms with Crippen LogP contribution in [0.15, 0.2) is 29.1 Å². The molecule has 0 aliphatic carbocycles. The summed E-state index contributed by atoms with van der Waals surface area (Å²) in [7, 11) is 0. The molecule has 2 fully saturated rings. The molecule has 2 aromatic rings. The normalized spacial score (nSPS) is 17.6. The molecule has 4 rings (SSSR count). The van der Waals surface area contributed by atoms with E-state index < -0.39 is 0 Å². The summed E-state index contributed by atoms with van der Waals surface area (Å²) >= 11 is 0. The molecule has 1 aromatic carbocycles. The highest BCUT2D eigenvalue weighted by Crippen LogP contribution is 2.19. The van der Waals surface area contributed by atoms with E-state index in [9.17, 15) is 9.59 Å². The molecule has 0 atom stereocenters. The zero-order chi connectivity index (χ0) is 17.2. The van der Waals surface area contributed by atoms with Gasteiger partial charge in [-0.2, -0.15) is 0 Å². The van der Waals surface area contributed by atoms with Gasteiger partial charge >= 0.3 is 0 Å². The molecule has 6 nitrogen and oxygen atoms in total. The number of aryl methyl sites for hydroxylation is 1. The van der Waals surface area contributed by atoms with E-state index in [1.807, 2.05) is 29.2 Å². The summed E-state index contributed by atoms with van der Waals surface area (Å²) in [6, 6.07) is 7.70. The van der Waals surface area contributed by atoms with E-state index in [-0.39, 0.29) is 11.5 Å². The third-order valence-electron chi connectivity index (χ3n) is 5.25. The van der Waals surface area contributed by atoms with Crippen LogP contribution in [-0.2, 0) is 11.3 Å². The van der Waals surface area contributed by atoms with Crippen molar-refractivity contribution in [2.75, 3.05) is 31.1 Å². The number of likely N-dealkylation sites (tertiary alicyclic amines) is 1. The molecule has 2 aliphatic rings. The lowest BCUT2D eigenvalue weighted by Gasteiger charge is -2.20. The lowest BCUT2D eigenvalue weighted by atomic mass is 10.2. The molecule has 0 saturated carbocycles. The number of carbonyl (C=O) groups is 1. The van der Waals surface area contributed by atoms with Gasteiger partial charge in [0.1, 0.15) is 0 Å². The lowest BCUT2D eigenvalue weighted by molar-refractivity contribution is -0.130. The fourth-order valence-electron chi connectivity index (χ4n) is 3.87. The van der Waals surface area contributed by atoms with Gasteiger partial charge in [-0.25, -0.2) is 4.98 Å². The smallest absolute Gasteiger partial charge is 0.294 e. The first kappa shape index (κ1) is 16.1. The Bertz CT molecular complexity index is 833. The van der Waals surface area contributed by atoms with Crippen molar-refractivity contribution >= 4 is 22.8 Å². The molecule has 3 heterocycles. The van der Waals surface area contributed by atoms with E-state index in [2.05, 4.69) is 9.88 Å². The number of aromatic nitrogens is 2. The first-order chi connectivity index (χ1) is 12.2. The van der Waals surface area contributed by atoms with Crippen molar-refractivity contribution in [1.82, 2.24) is 14.5 Å². The van der Waals surface area contributed by atoms with Crippen LogP contribution in [0.4, 0.5) is 5.82 Å². The Morgan fingerprint density at radius 3 is 2.44 bits per heavy atom. The largest absolute Gasteiger partial charge is 0.352 e. The molecule has 0 N–H and O–H groups in total. The molecule has 132 valence electrons. The Labute approximate surface area is 147 Å². The molecule has 0 bridgehead atoms. The predicted molar refractivity (Wildman–Crippen MR) is 97.9 cm³/mol. The second kappa shape index (κ2) is 6.86. The van der Waals surface area contributed by atoms with Gasteiger partial charge in [-0.05, 0) is 37.8 Å². The minimum atomic E-state index is -0.0742. The molecule has 25 heavy (non-hydrogen) atoms. The van der Waals surface area contributed by atoms with Gasteiger partial charge in [0.2, 0.25) is 5.91 Å². The molecule has 0 radical (unpaired) electrons. The van der Waals surface area contributed by atoms with E-state index in [4.69, 9.17) is 0 Å². The van der Waals surface area contributed by atoms with Crippen LogP contribution in [0.2, 0.25) is 0 Å². The highest BCUT2D eigenvalue weighted by atomic mass is 16.2. The summed E-state index contributed by atoms with van der Waals surface area (Å²) in [5, 5.41) is 0. The average molecular weight is 340 g/mol. The van der Waals surface area contributed by atoms with Gasteiger partial charge in [0, 0.05) is 39.1 Å². The number of hydrogen-bond acceptors (Lipinski definition) is 4. The summed E-state index contributed by atoms with van der Waals surface area (Å²) < 4.78 is 1.74. The van der Waals surface area contributed by atoms with Gasteiger partial charge in [0.25, 0.3) is 5.56 Å². The van der Waals surface area contributed by atoms with Crippen LogP contribution in [0.3, 0.4) is 0 Å². The first-order valence-electron chi connectivity index (χ1n) is 9.26. The van der Waals surface area contributed by atoms with Crippen molar-refractivity contribution in [2.24, 2.45) is 0 Å². The number of fused-ring (bicyclic) bond motifs is 1.